The Morgan fingerprint density at radius 3 is 2.67 bits per heavy atom. The van der Waals surface area contributed by atoms with Gasteiger partial charge in [0.25, 0.3) is 11.8 Å². The molecule has 3 rings (SSSR count). The lowest BCUT2D eigenvalue weighted by molar-refractivity contribution is 0.0637. The van der Waals surface area contributed by atoms with E-state index in [-0.39, 0.29) is 11.8 Å². The van der Waals surface area contributed by atoms with Crippen molar-refractivity contribution in [1.29, 1.82) is 0 Å². The molecule has 0 unspecified atom stereocenters. The Balaban J connectivity index is 1.39. The van der Waals surface area contributed by atoms with E-state index in [0.717, 1.165) is 24.5 Å². The van der Waals surface area contributed by atoms with Gasteiger partial charge in [0.1, 0.15) is 0 Å². The summed E-state index contributed by atoms with van der Waals surface area (Å²) >= 11 is 1.44. The summed E-state index contributed by atoms with van der Waals surface area (Å²) in [5, 5.41) is 4.83. The van der Waals surface area contributed by atoms with Crippen LogP contribution >= 0.6 is 11.3 Å². The third-order valence-corrected chi connectivity index (χ3v) is 4.90. The number of aromatic nitrogens is 1. The summed E-state index contributed by atoms with van der Waals surface area (Å²) in [5.74, 6) is 0.0177. The van der Waals surface area contributed by atoms with Gasteiger partial charge >= 0.3 is 0 Å². The molecule has 0 atom stereocenters. The van der Waals surface area contributed by atoms with E-state index in [1.54, 1.807) is 24.5 Å². The van der Waals surface area contributed by atoms with Crippen molar-refractivity contribution in [1.82, 2.24) is 20.1 Å². The Morgan fingerprint density at radius 2 is 2.00 bits per heavy atom. The summed E-state index contributed by atoms with van der Waals surface area (Å²) < 4.78 is 0. The van der Waals surface area contributed by atoms with E-state index in [1.807, 2.05) is 22.4 Å². The van der Waals surface area contributed by atoms with Gasteiger partial charge in [0.05, 0.1) is 10.4 Å². The fourth-order valence-corrected chi connectivity index (χ4v) is 3.31. The average Bonchev–Trinajstić information content (AvgIpc) is 3.17. The van der Waals surface area contributed by atoms with Gasteiger partial charge in [-0.05, 0) is 23.6 Å². The molecule has 0 spiro atoms. The van der Waals surface area contributed by atoms with Crippen LogP contribution in [0, 0.1) is 0 Å². The molecule has 0 aromatic carbocycles. The third kappa shape index (κ3) is 4.18. The van der Waals surface area contributed by atoms with Crippen LogP contribution in [0.25, 0.3) is 0 Å². The van der Waals surface area contributed by atoms with Crippen LogP contribution in [0.15, 0.2) is 42.0 Å². The van der Waals surface area contributed by atoms with Gasteiger partial charge in [-0.15, -0.1) is 11.3 Å². The number of thiophene rings is 1. The molecule has 24 heavy (non-hydrogen) atoms. The Hall–Kier alpha value is -2.25. The number of carbonyl (C=O) groups is 2. The molecule has 2 amide bonds. The van der Waals surface area contributed by atoms with Gasteiger partial charge in [-0.25, -0.2) is 0 Å². The summed E-state index contributed by atoms with van der Waals surface area (Å²) in [5.41, 5.74) is 0.633. The molecule has 6 nitrogen and oxygen atoms in total. The van der Waals surface area contributed by atoms with E-state index in [1.165, 1.54) is 11.3 Å². The zero-order valence-corrected chi connectivity index (χ0v) is 14.2. The average molecular weight is 344 g/mol. The SMILES string of the molecule is O=C(NCCN1CCN(C(=O)c2cccnc2)CC1)c1cccs1. The second kappa shape index (κ2) is 8.03. The van der Waals surface area contributed by atoms with Gasteiger partial charge in [-0.1, -0.05) is 6.07 Å². The number of piperazine rings is 1. The predicted octanol–water partition coefficient (Wildman–Crippen LogP) is 1.33. The first-order valence-corrected chi connectivity index (χ1v) is 8.85. The van der Waals surface area contributed by atoms with Crippen LogP contribution in [0.5, 0.6) is 0 Å². The highest BCUT2D eigenvalue weighted by atomic mass is 32.1. The second-order valence-corrected chi connectivity index (χ2v) is 6.56. The zero-order chi connectivity index (χ0) is 16.8. The summed E-state index contributed by atoms with van der Waals surface area (Å²) in [4.78, 5) is 33.1. The molecule has 0 saturated carbocycles. The quantitative estimate of drug-likeness (QED) is 0.889. The molecule has 1 aliphatic rings. The molecule has 2 aromatic rings. The van der Waals surface area contributed by atoms with Crippen molar-refractivity contribution >= 4 is 23.2 Å². The van der Waals surface area contributed by atoms with Crippen LogP contribution in [0.1, 0.15) is 20.0 Å². The number of nitrogens with one attached hydrogen (secondary N) is 1. The van der Waals surface area contributed by atoms with E-state index < -0.39 is 0 Å². The smallest absolute Gasteiger partial charge is 0.261 e. The highest BCUT2D eigenvalue weighted by Gasteiger charge is 2.22. The normalized spacial score (nSPS) is 15.2. The van der Waals surface area contributed by atoms with Crippen LogP contribution in [0.3, 0.4) is 0 Å². The lowest BCUT2D eigenvalue weighted by atomic mass is 10.2. The van der Waals surface area contributed by atoms with Gasteiger partial charge in [0.15, 0.2) is 0 Å². The van der Waals surface area contributed by atoms with Crippen LogP contribution in [0.2, 0.25) is 0 Å². The van der Waals surface area contributed by atoms with Crippen LogP contribution in [-0.2, 0) is 0 Å². The molecule has 2 aromatic heterocycles. The van der Waals surface area contributed by atoms with Crippen molar-refractivity contribution in [2.75, 3.05) is 39.3 Å². The maximum atomic E-state index is 12.4. The Kier molecular flexibility index (Phi) is 5.55. The van der Waals surface area contributed by atoms with Gasteiger partial charge in [0.2, 0.25) is 0 Å². The largest absolute Gasteiger partial charge is 0.350 e. The number of nitrogens with zero attached hydrogens (tertiary/aromatic N) is 3. The van der Waals surface area contributed by atoms with Crippen molar-refractivity contribution in [3.63, 3.8) is 0 Å². The fraction of sp³-hybridized carbons (Fsp3) is 0.353. The molecule has 0 radical (unpaired) electrons. The maximum Gasteiger partial charge on any atom is 0.261 e. The highest BCUT2D eigenvalue weighted by molar-refractivity contribution is 7.12. The number of carbonyl (C=O) groups excluding carboxylic acids is 2. The number of rotatable bonds is 5. The summed E-state index contributed by atoms with van der Waals surface area (Å²) in [7, 11) is 0. The van der Waals surface area contributed by atoms with Crippen LogP contribution in [-0.4, -0.2) is 65.9 Å². The maximum absolute atomic E-state index is 12.4. The molecule has 1 aliphatic heterocycles. The Bertz CT molecular complexity index is 667. The van der Waals surface area contributed by atoms with E-state index in [2.05, 4.69) is 15.2 Å². The molecule has 1 fully saturated rings. The molecule has 126 valence electrons. The number of hydrogen-bond acceptors (Lipinski definition) is 5. The monoisotopic (exact) mass is 344 g/mol. The van der Waals surface area contributed by atoms with Gasteiger partial charge in [-0.3, -0.25) is 19.5 Å². The van der Waals surface area contributed by atoms with Crippen molar-refractivity contribution in [3.8, 4) is 0 Å². The van der Waals surface area contributed by atoms with Crippen molar-refractivity contribution in [3.05, 3.63) is 52.5 Å². The minimum atomic E-state index is -0.0182. The number of hydrogen-bond donors (Lipinski definition) is 1. The standard InChI is InChI=1S/C17H20N4O2S/c22-16(15-4-2-12-24-15)19-6-7-20-8-10-21(11-9-20)17(23)14-3-1-5-18-13-14/h1-5,12-13H,6-11H2,(H,19,22). The summed E-state index contributed by atoms with van der Waals surface area (Å²) in [6, 6.07) is 7.27. The second-order valence-electron chi connectivity index (χ2n) is 5.61. The predicted molar refractivity (Wildman–Crippen MR) is 93.2 cm³/mol. The first kappa shape index (κ1) is 16.6. The Labute approximate surface area is 145 Å². The lowest BCUT2D eigenvalue weighted by Crippen LogP contribution is -2.50. The Morgan fingerprint density at radius 1 is 1.17 bits per heavy atom. The van der Waals surface area contributed by atoms with Crippen molar-refractivity contribution in [2.45, 2.75) is 0 Å². The molecular formula is C17H20N4O2S. The van der Waals surface area contributed by atoms with E-state index in [4.69, 9.17) is 0 Å². The van der Waals surface area contributed by atoms with Gasteiger partial charge in [0, 0.05) is 51.7 Å². The van der Waals surface area contributed by atoms with Crippen LogP contribution in [0.4, 0.5) is 0 Å². The minimum absolute atomic E-state index is 0.0182. The van der Waals surface area contributed by atoms with Crippen molar-refractivity contribution in [2.24, 2.45) is 0 Å². The number of amides is 2. The highest BCUT2D eigenvalue weighted by Crippen LogP contribution is 2.09. The first-order valence-electron chi connectivity index (χ1n) is 7.97. The van der Waals surface area contributed by atoms with Gasteiger partial charge < -0.3 is 10.2 Å². The third-order valence-electron chi connectivity index (χ3n) is 4.03. The molecule has 1 saturated heterocycles. The topological polar surface area (TPSA) is 65.5 Å². The molecule has 3 heterocycles. The molecular weight excluding hydrogens is 324 g/mol. The van der Waals surface area contributed by atoms with Crippen molar-refractivity contribution < 1.29 is 9.59 Å². The lowest BCUT2D eigenvalue weighted by Gasteiger charge is -2.34. The minimum Gasteiger partial charge on any atom is -0.350 e. The van der Waals surface area contributed by atoms with E-state index >= 15 is 0 Å². The first-order chi connectivity index (χ1) is 11.7. The van der Waals surface area contributed by atoms with Gasteiger partial charge in [-0.2, -0.15) is 0 Å². The van der Waals surface area contributed by atoms with E-state index in [9.17, 15) is 9.59 Å². The molecule has 0 bridgehead atoms. The zero-order valence-electron chi connectivity index (χ0n) is 13.4. The molecule has 7 heteroatoms. The number of pyridine rings is 1. The summed E-state index contributed by atoms with van der Waals surface area (Å²) in [6.07, 6.45) is 3.27. The molecule has 0 aliphatic carbocycles. The van der Waals surface area contributed by atoms with Crippen LogP contribution < -0.4 is 5.32 Å². The van der Waals surface area contributed by atoms with E-state index in [0.29, 0.717) is 25.2 Å². The fourth-order valence-electron chi connectivity index (χ4n) is 2.67. The summed E-state index contributed by atoms with van der Waals surface area (Å²) in [6.45, 7) is 4.46. The molecule has 1 N–H and O–H groups in total.